The van der Waals surface area contributed by atoms with Gasteiger partial charge in [-0.2, -0.15) is 0 Å². The fraction of sp³-hybridized carbons (Fsp3) is 0.391. The number of carbonyl (C=O) groups excluding carboxylic acids is 2. The second-order valence-corrected chi connectivity index (χ2v) is 9.17. The summed E-state index contributed by atoms with van der Waals surface area (Å²) in [5.74, 6) is -3.78. The van der Waals surface area contributed by atoms with E-state index in [1.54, 1.807) is 24.8 Å². The average molecular weight is 478 g/mol. The second kappa shape index (κ2) is 10.7. The number of carboxylic acids is 1. The molecule has 1 aliphatic rings. The quantitative estimate of drug-likeness (QED) is 0.0865. The van der Waals surface area contributed by atoms with Crippen LogP contribution in [0.2, 0.25) is 0 Å². The maximum atomic E-state index is 14.1. The highest BCUT2D eigenvalue weighted by atomic mass is 32.1. The SMILES string of the molecule is C/C(=C\C=C(/S)CC(C)(C)C(=O)N1CC[C@@H](C(=O)O)C1)C(=O)Oc1ccc(C(=N)N)cc1F. The van der Waals surface area contributed by atoms with Crippen molar-refractivity contribution in [3.8, 4) is 5.75 Å². The van der Waals surface area contributed by atoms with E-state index in [0.29, 0.717) is 17.9 Å². The predicted octanol–water partition coefficient (Wildman–Crippen LogP) is 3.12. The van der Waals surface area contributed by atoms with Gasteiger partial charge in [-0.15, -0.1) is 12.6 Å². The zero-order chi connectivity index (χ0) is 24.9. The highest BCUT2D eigenvalue weighted by molar-refractivity contribution is 7.84. The van der Waals surface area contributed by atoms with Crippen LogP contribution in [0, 0.1) is 22.6 Å². The number of nitrogens with one attached hydrogen (secondary N) is 1. The van der Waals surface area contributed by atoms with Crippen molar-refractivity contribution in [1.82, 2.24) is 4.90 Å². The van der Waals surface area contributed by atoms with Crippen molar-refractivity contribution in [2.24, 2.45) is 17.1 Å². The number of nitrogen functional groups attached to an aromatic ring is 1. The Labute approximate surface area is 197 Å². The Morgan fingerprint density at radius 3 is 2.58 bits per heavy atom. The lowest BCUT2D eigenvalue weighted by molar-refractivity contribution is -0.142. The summed E-state index contributed by atoms with van der Waals surface area (Å²) in [6, 6.07) is 3.60. The van der Waals surface area contributed by atoms with Crippen LogP contribution in [0.15, 0.2) is 40.8 Å². The van der Waals surface area contributed by atoms with E-state index >= 15 is 0 Å². The second-order valence-electron chi connectivity index (χ2n) is 8.59. The molecule has 1 saturated heterocycles. The molecule has 4 N–H and O–H groups in total. The van der Waals surface area contributed by atoms with Crippen LogP contribution >= 0.6 is 12.6 Å². The molecule has 1 atom stereocenters. The third kappa shape index (κ3) is 6.92. The van der Waals surface area contributed by atoms with Crippen molar-refractivity contribution >= 4 is 36.3 Å². The Morgan fingerprint density at radius 2 is 2.03 bits per heavy atom. The fourth-order valence-electron chi connectivity index (χ4n) is 3.38. The predicted molar refractivity (Wildman–Crippen MR) is 125 cm³/mol. The van der Waals surface area contributed by atoms with Gasteiger partial charge in [-0.25, -0.2) is 9.18 Å². The van der Waals surface area contributed by atoms with Crippen LogP contribution in [0.4, 0.5) is 4.39 Å². The number of allylic oxidation sites excluding steroid dienone is 3. The number of nitrogens with two attached hydrogens (primary N) is 1. The minimum Gasteiger partial charge on any atom is -0.481 e. The summed E-state index contributed by atoms with van der Waals surface area (Å²) in [5.41, 5.74) is 4.85. The first-order chi connectivity index (χ1) is 15.3. The molecule has 0 unspecified atom stereocenters. The van der Waals surface area contributed by atoms with Gasteiger partial charge in [0.15, 0.2) is 11.6 Å². The molecule has 8 nitrogen and oxygen atoms in total. The topological polar surface area (TPSA) is 134 Å². The minimum absolute atomic E-state index is 0.157. The highest BCUT2D eigenvalue weighted by Crippen LogP contribution is 2.32. The fourth-order valence-corrected chi connectivity index (χ4v) is 3.85. The van der Waals surface area contributed by atoms with Gasteiger partial charge in [-0.05, 0) is 42.9 Å². The van der Waals surface area contributed by atoms with Crippen LogP contribution < -0.4 is 10.5 Å². The number of thiol groups is 1. The first-order valence-electron chi connectivity index (χ1n) is 10.3. The molecule has 1 aromatic carbocycles. The number of rotatable bonds is 8. The number of hydrogen-bond donors (Lipinski definition) is 4. The number of nitrogens with zero attached hydrogens (tertiary/aromatic N) is 1. The summed E-state index contributed by atoms with van der Waals surface area (Å²) in [4.78, 5) is 38.3. The summed E-state index contributed by atoms with van der Waals surface area (Å²) in [7, 11) is 0. The van der Waals surface area contributed by atoms with E-state index in [1.165, 1.54) is 25.1 Å². The number of esters is 1. The van der Waals surface area contributed by atoms with Gasteiger partial charge < -0.3 is 20.5 Å². The number of carbonyl (C=O) groups is 3. The van der Waals surface area contributed by atoms with E-state index in [9.17, 15) is 18.8 Å². The molecule has 178 valence electrons. The lowest BCUT2D eigenvalue weighted by atomic mass is 9.87. The largest absolute Gasteiger partial charge is 0.481 e. The van der Waals surface area contributed by atoms with Crippen molar-refractivity contribution in [2.75, 3.05) is 13.1 Å². The maximum absolute atomic E-state index is 14.1. The Bertz CT molecular complexity index is 1030. The van der Waals surface area contributed by atoms with Gasteiger partial charge in [-0.3, -0.25) is 15.0 Å². The van der Waals surface area contributed by atoms with Crippen LogP contribution in [0.1, 0.15) is 39.2 Å². The monoisotopic (exact) mass is 477 g/mol. The van der Waals surface area contributed by atoms with E-state index in [0.717, 1.165) is 6.07 Å². The standard InChI is InChI=1S/C23H28FN3O5S/c1-13(21(30)32-18-7-5-14(19(25)26)10-17(18)24)4-6-16(33)11-23(2,3)22(31)27-9-8-15(12-27)20(28)29/h4-7,10,15,33H,8-9,11-12H2,1-3H3,(H3,25,26)(H,28,29)/b13-4+,16-6-/t15-/m1/s1. The van der Waals surface area contributed by atoms with Gasteiger partial charge in [0, 0.05) is 29.6 Å². The number of likely N-dealkylation sites (tertiary alicyclic amines) is 1. The summed E-state index contributed by atoms with van der Waals surface area (Å²) in [5, 5.41) is 16.4. The zero-order valence-electron chi connectivity index (χ0n) is 18.7. The molecular formula is C23H28FN3O5S. The average Bonchev–Trinajstić information content (AvgIpc) is 3.22. The van der Waals surface area contributed by atoms with Gasteiger partial charge in [-0.1, -0.05) is 26.0 Å². The number of amidine groups is 1. The molecule has 1 fully saturated rings. The lowest BCUT2D eigenvalue weighted by Crippen LogP contribution is -2.40. The number of amides is 1. The Hall–Kier alpha value is -3.14. The molecule has 1 aliphatic heterocycles. The number of ether oxygens (including phenoxy) is 1. The van der Waals surface area contributed by atoms with Gasteiger partial charge in [0.05, 0.1) is 5.92 Å². The zero-order valence-corrected chi connectivity index (χ0v) is 19.6. The first kappa shape index (κ1) is 26.1. The normalized spacial score (nSPS) is 17.1. The third-order valence-corrected chi connectivity index (χ3v) is 5.63. The van der Waals surface area contributed by atoms with E-state index in [2.05, 4.69) is 12.6 Å². The number of hydrogen-bond acceptors (Lipinski definition) is 6. The highest BCUT2D eigenvalue weighted by Gasteiger charge is 2.38. The molecule has 0 aliphatic carbocycles. The van der Waals surface area contributed by atoms with Crippen LogP contribution in [0.3, 0.4) is 0 Å². The van der Waals surface area contributed by atoms with Gasteiger partial charge in [0.1, 0.15) is 5.84 Å². The van der Waals surface area contributed by atoms with Crippen LogP contribution in [-0.2, 0) is 14.4 Å². The minimum atomic E-state index is -0.903. The van der Waals surface area contributed by atoms with Crippen LogP contribution in [-0.4, -0.2) is 46.8 Å². The molecule has 1 amide bonds. The molecule has 2 rings (SSSR count). The van der Waals surface area contributed by atoms with Crippen molar-refractivity contribution in [1.29, 1.82) is 5.41 Å². The molecular weight excluding hydrogens is 449 g/mol. The molecule has 0 saturated carbocycles. The molecule has 1 aromatic rings. The molecule has 1 heterocycles. The van der Waals surface area contributed by atoms with Crippen molar-refractivity contribution in [3.63, 3.8) is 0 Å². The molecule has 0 radical (unpaired) electrons. The molecule has 0 spiro atoms. The number of benzene rings is 1. The van der Waals surface area contributed by atoms with Crippen molar-refractivity contribution in [3.05, 3.63) is 52.2 Å². The molecule has 0 bridgehead atoms. The Kier molecular flexibility index (Phi) is 8.43. The van der Waals surface area contributed by atoms with E-state index in [1.807, 2.05) is 0 Å². The molecule has 0 aromatic heterocycles. The number of aliphatic carboxylic acids is 1. The molecule has 33 heavy (non-hydrogen) atoms. The van der Waals surface area contributed by atoms with Crippen molar-refractivity contribution in [2.45, 2.75) is 33.6 Å². The van der Waals surface area contributed by atoms with Gasteiger partial charge in [0.25, 0.3) is 0 Å². The summed E-state index contributed by atoms with van der Waals surface area (Å²) in [6.45, 7) is 5.60. The van der Waals surface area contributed by atoms with Gasteiger partial charge in [0.2, 0.25) is 5.91 Å². The first-order valence-corrected chi connectivity index (χ1v) is 10.7. The number of carboxylic acid groups (broad SMARTS) is 1. The Balaban J connectivity index is 2.01. The van der Waals surface area contributed by atoms with Crippen LogP contribution in [0.25, 0.3) is 0 Å². The van der Waals surface area contributed by atoms with Gasteiger partial charge >= 0.3 is 11.9 Å². The smallest absolute Gasteiger partial charge is 0.339 e. The Morgan fingerprint density at radius 1 is 1.36 bits per heavy atom. The van der Waals surface area contributed by atoms with Crippen LogP contribution in [0.5, 0.6) is 5.75 Å². The van der Waals surface area contributed by atoms with Crippen molar-refractivity contribution < 1.29 is 28.6 Å². The van der Waals surface area contributed by atoms with E-state index in [-0.39, 0.29) is 41.6 Å². The summed E-state index contributed by atoms with van der Waals surface area (Å²) in [6.07, 6.45) is 3.74. The summed E-state index contributed by atoms with van der Waals surface area (Å²) >= 11 is 4.41. The van der Waals surface area contributed by atoms with E-state index < -0.39 is 29.1 Å². The third-order valence-electron chi connectivity index (χ3n) is 5.32. The lowest BCUT2D eigenvalue weighted by Gasteiger charge is -2.29. The molecule has 10 heteroatoms. The summed E-state index contributed by atoms with van der Waals surface area (Å²) < 4.78 is 19.1. The van der Waals surface area contributed by atoms with E-state index in [4.69, 9.17) is 21.0 Å². The maximum Gasteiger partial charge on any atom is 0.339 e. The number of halogens is 1.